The number of hydrogen-bond donors (Lipinski definition) is 0. The molecule has 0 saturated carbocycles. The second kappa shape index (κ2) is 7.27. The second-order valence-electron chi connectivity index (χ2n) is 6.26. The summed E-state index contributed by atoms with van der Waals surface area (Å²) < 4.78 is 7.28. The van der Waals surface area contributed by atoms with Crippen molar-refractivity contribution in [3.05, 3.63) is 33.7 Å². The fraction of sp³-hybridized carbons (Fsp3) is 0.647. The Balaban J connectivity index is 1.75. The normalized spacial score (nSPS) is 19.3. The summed E-state index contributed by atoms with van der Waals surface area (Å²) in [5.74, 6) is 0.111. The Hall–Kier alpha value is -1.66. The van der Waals surface area contributed by atoms with Crippen LogP contribution in [0.15, 0.2) is 16.9 Å². The van der Waals surface area contributed by atoms with Crippen LogP contribution < -0.4 is 5.56 Å². The van der Waals surface area contributed by atoms with E-state index in [1.54, 1.807) is 13.0 Å². The molecule has 0 spiro atoms. The summed E-state index contributed by atoms with van der Waals surface area (Å²) in [6.07, 6.45) is 1.58. The molecule has 6 heteroatoms. The number of rotatable bonds is 3. The van der Waals surface area contributed by atoms with Gasteiger partial charge in [-0.3, -0.25) is 14.5 Å². The number of ether oxygens (including phenoxy) is 1. The lowest BCUT2D eigenvalue weighted by atomic mass is 10.1. The van der Waals surface area contributed by atoms with Gasteiger partial charge in [0.05, 0.1) is 13.2 Å². The van der Waals surface area contributed by atoms with Gasteiger partial charge in [0, 0.05) is 64.4 Å². The minimum absolute atomic E-state index is 0.0632. The average molecular weight is 319 g/mol. The standard InChI is InChI=1S/C17H25N3O3/c1-14(21)19-6-4-15-2-3-17(22)20(16(15)5-7-19)9-8-18-10-12-23-13-11-18/h2-3H,4-13H2,1H3. The van der Waals surface area contributed by atoms with Crippen molar-refractivity contribution in [1.29, 1.82) is 0 Å². The van der Waals surface area contributed by atoms with E-state index in [9.17, 15) is 9.59 Å². The van der Waals surface area contributed by atoms with Crippen molar-refractivity contribution in [2.75, 3.05) is 45.9 Å². The van der Waals surface area contributed by atoms with Crippen molar-refractivity contribution in [3.63, 3.8) is 0 Å². The van der Waals surface area contributed by atoms with Crippen LogP contribution in [0, 0.1) is 0 Å². The quantitative estimate of drug-likeness (QED) is 0.795. The molecule has 1 aromatic heterocycles. The molecule has 0 aliphatic carbocycles. The van der Waals surface area contributed by atoms with Crippen LogP contribution in [0.4, 0.5) is 0 Å². The van der Waals surface area contributed by atoms with Crippen LogP contribution in [0.1, 0.15) is 18.2 Å². The van der Waals surface area contributed by atoms with Gasteiger partial charge >= 0.3 is 0 Å². The highest BCUT2D eigenvalue weighted by Gasteiger charge is 2.19. The Labute approximate surface area is 136 Å². The maximum atomic E-state index is 12.3. The summed E-state index contributed by atoms with van der Waals surface area (Å²) in [5, 5.41) is 0. The van der Waals surface area contributed by atoms with E-state index in [2.05, 4.69) is 4.90 Å². The number of carbonyl (C=O) groups is 1. The van der Waals surface area contributed by atoms with Crippen LogP contribution >= 0.6 is 0 Å². The third-order valence-electron chi connectivity index (χ3n) is 4.85. The molecule has 0 bridgehead atoms. The number of carbonyl (C=O) groups excluding carboxylic acids is 1. The minimum Gasteiger partial charge on any atom is -0.379 e. The number of aromatic nitrogens is 1. The maximum absolute atomic E-state index is 12.3. The highest BCUT2D eigenvalue weighted by molar-refractivity contribution is 5.73. The molecule has 0 N–H and O–H groups in total. The van der Waals surface area contributed by atoms with Crippen LogP contribution in [-0.4, -0.2) is 66.2 Å². The Bertz CT molecular complexity index is 620. The largest absolute Gasteiger partial charge is 0.379 e. The lowest BCUT2D eigenvalue weighted by Gasteiger charge is -2.27. The van der Waals surface area contributed by atoms with Gasteiger partial charge in [0.25, 0.3) is 5.56 Å². The van der Waals surface area contributed by atoms with Gasteiger partial charge in [-0.05, 0) is 12.0 Å². The van der Waals surface area contributed by atoms with Gasteiger partial charge in [0.2, 0.25) is 5.91 Å². The first-order chi connectivity index (χ1) is 11.1. The third-order valence-corrected chi connectivity index (χ3v) is 4.85. The van der Waals surface area contributed by atoms with E-state index in [0.717, 1.165) is 57.9 Å². The van der Waals surface area contributed by atoms with Crippen LogP contribution in [-0.2, 0) is 28.9 Å². The van der Waals surface area contributed by atoms with Gasteiger partial charge in [-0.15, -0.1) is 0 Å². The number of morpholine rings is 1. The SMILES string of the molecule is CC(=O)N1CCc2ccc(=O)n(CCN3CCOCC3)c2CC1. The first kappa shape index (κ1) is 16.2. The van der Waals surface area contributed by atoms with E-state index < -0.39 is 0 Å². The summed E-state index contributed by atoms with van der Waals surface area (Å²) in [6, 6.07) is 3.61. The third kappa shape index (κ3) is 3.82. The second-order valence-corrected chi connectivity index (χ2v) is 6.26. The Morgan fingerprint density at radius 2 is 1.83 bits per heavy atom. The summed E-state index contributed by atoms with van der Waals surface area (Å²) in [5.41, 5.74) is 2.37. The molecule has 2 aliphatic heterocycles. The molecule has 6 nitrogen and oxygen atoms in total. The summed E-state index contributed by atoms with van der Waals surface area (Å²) in [7, 11) is 0. The molecule has 1 saturated heterocycles. The molecule has 0 radical (unpaired) electrons. The van der Waals surface area contributed by atoms with E-state index >= 15 is 0 Å². The van der Waals surface area contributed by atoms with Gasteiger partial charge in [0.15, 0.2) is 0 Å². The smallest absolute Gasteiger partial charge is 0.250 e. The zero-order valence-corrected chi connectivity index (χ0v) is 13.8. The average Bonchev–Trinajstić information content (AvgIpc) is 2.78. The molecule has 1 fully saturated rings. The van der Waals surface area contributed by atoms with Gasteiger partial charge in [-0.1, -0.05) is 6.07 Å². The highest BCUT2D eigenvalue weighted by atomic mass is 16.5. The van der Waals surface area contributed by atoms with Gasteiger partial charge in [-0.2, -0.15) is 0 Å². The molecular weight excluding hydrogens is 294 g/mol. The number of pyridine rings is 1. The molecular formula is C17H25N3O3. The first-order valence-electron chi connectivity index (χ1n) is 8.42. The predicted molar refractivity (Wildman–Crippen MR) is 87.6 cm³/mol. The van der Waals surface area contributed by atoms with E-state index in [4.69, 9.17) is 4.74 Å². The molecule has 126 valence electrons. The lowest BCUT2D eigenvalue weighted by Crippen LogP contribution is -2.39. The van der Waals surface area contributed by atoms with Crippen LogP contribution in [0.5, 0.6) is 0 Å². The Morgan fingerprint density at radius 3 is 2.57 bits per heavy atom. The molecule has 0 aromatic carbocycles. The number of amides is 1. The number of fused-ring (bicyclic) bond motifs is 1. The lowest BCUT2D eigenvalue weighted by molar-refractivity contribution is -0.128. The highest BCUT2D eigenvalue weighted by Crippen LogP contribution is 2.15. The molecule has 1 amide bonds. The zero-order valence-electron chi connectivity index (χ0n) is 13.8. The molecule has 3 heterocycles. The predicted octanol–water partition coefficient (Wildman–Crippen LogP) is 0.128. The Kier molecular flexibility index (Phi) is 5.13. The van der Waals surface area contributed by atoms with E-state index in [1.165, 1.54) is 5.56 Å². The van der Waals surface area contributed by atoms with Gasteiger partial charge in [-0.25, -0.2) is 0 Å². The summed E-state index contributed by atoms with van der Waals surface area (Å²) in [6.45, 7) is 8.04. The topological polar surface area (TPSA) is 54.8 Å². The van der Waals surface area contributed by atoms with Crippen molar-refractivity contribution < 1.29 is 9.53 Å². The molecule has 2 aliphatic rings. The minimum atomic E-state index is 0.0632. The Morgan fingerprint density at radius 1 is 1.09 bits per heavy atom. The molecule has 1 aromatic rings. The van der Waals surface area contributed by atoms with Crippen molar-refractivity contribution in [2.24, 2.45) is 0 Å². The molecule has 0 unspecified atom stereocenters. The van der Waals surface area contributed by atoms with Crippen molar-refractivity contribution in [1.82, 2.24) is 14.4 Å². The summed E-state index contributed by atoms with van der Waals surface area (Å²) in [4.78, 5) is 28.2. The number of nitrogens with zero attached hydrogens (tertiary/aromatic N) is 3. The zero-order chi connectivity index (χ0) is 16.2. The summed E-state index contributed by atoms with van der Waals surface area (Å²) >= 11 is 0. The van der Waals surface area contributed by atoms with E-state index in [0.29, 0.717) is 13.1 Å². The van der Waals surface area contributed by atoms with Crippen molar-refractivity contribution in [2.45, 2.75) is 26.3 Å². The first-order valence-corrected chi connectivity index (χ1v) is 8.42. The van der Waals surface area contributed by atoms with Crippen molar-refractivity contribution >= 4 is 5.91 Å². The van der Waals surface area contributed by atoms with Crippen LogP contribution in [0.3, 0.4) is 0 Å². The maximum Gasteiger partial charge on any atom is 0.250 e. The molecule has 23 heavy (non-hydrogen) atoms. The van der Waals surface area contributed by atoms with E-state index in [1.807, 2.05) is 15.5 Å². The van der Waals surface area contributed by atoms with Crippen LogP contribution in [0.25, 0.3) is 0 Å². The van der Waals surface area contributed by atoms with Crippen molar-refractivity contribution in [3.8, 4) is 0 Å². The van der Waals surface area contributed by atoms with Crippen LogP contribution in [0.2, 0.25) is 0 Å². The molecule has 3 rings (SSSR count). The fourth-order valence-corrected chi connectivity index (χ4v) is 3.42. The molecule has 0 atom stereocenters. The number of hydrogen-bond acceptors (Lipinski definition) is 4. The van der Waals surface area contributed by atoms with Gasteiger partial charge in [0.1, 0.15) is 0 Å². The van der Waals surface area contributed by atoms with E-state index in [-0.39, 0.29) is 11.5 Å². The fourth-order valence-electron chi connectivity index (χ4n) is 3.42. The monoisotopic (exact) mass is 319 g/mol. The van der Waals surface area contributed by atoms with Gasteiger partial charge < -0.3 is 14.2 Å².